The van der Waals surface area contributed by atoms with Crippen molar-refractivity contribution in [3.05, 3.63) is 64.7 Å². The van der Waals surface area contributed by atoms with Crippen LogP contribution in [0.4, 0.5) is 11.4 Å². The fourth-order valence-corrected chi connectivity index (χ4v) is 2.72. The summed E-state index contributed by atoms with van der Waals surface area (Å²) in [7, 11) is 0. The smallest absolute Gasteiger partial charge is 0.317 e. The topological polar surface area (TPSA) is 98.5 Å². The number of amides is 1. The van der Waals surface area contributed by atoms with Crippen LogP contribution in [0, 0.1) is 10.1 Å². The second-order valence-electron chi connectivity index (χ2n) is 5.00. The summed E-state index contributed by atoms with van der Waals surface area (Å²) in [5, 5.41) is 13.6. The lowest BCUT2D eigenvalue weighted by Crippen LogP contribution is -2.30. The number of ether oxygens (including phenoxy) is 1. The number of anilines is 1. The SMILES string of the molecule is C[C@@H](OC(=O)CSc1ccccc1[N+](=O)[O-])C(=O)Nc1ccccc1. The molecule has 0 fully saturated rings. The predicted molar refractivity (Wildman–Crippen MR) is 94.4 cm³/mol. The van der Waals surface area contributed by atoms with Gasteiger partial charge in [0, 0.05) is 11.8 Å². The van der Waals surface area contributed by atoms with Crippen LogP contribution < -0.4 is 5.32 Å². The van der Waals surface area contributed by atoms with E-state index in [0.29, 0.717) is 10.6 Å². The quantitative estimate of drug-likeness (QED) is 0.352. The average molecular weight is 360 g/mol. The van der Waals surface area contributed by atoms with Gasteiger partial charge in [0.1, 0.15) is 0 Å². The van der Waals surface area contributed by atoms with Gasteiger partial charge in [-0.05, 0) is 25.1 Å². The highest BCUT2D eigenvalue weighted by Crippen LogP contribution is 2.28. The lowest BCUT2D eigenvalue weighted by atomic mass is 10.3. The highest BCUT2D eigenvalue weighted by atomic mass is 32.2. The van der Waals surface area contributed by atoms with Crippen molar-refractivity contribution < 1.29 is 19.2 Å². The number of nitro groups is 1. The first kappa shape index (κ1) is 18.5. The van der Waals surface area contributed by atoms with Crippen molar-refractivity contribution in [3.63, 3.8) is 0 Å². The molecule has 2 rings (SSSR count). The molecule has 1 atom stereocenters. The van der Waals surface area contributed by atoms with E-state index in [-0.39, 0.29) is 11.4 Å². The maximum absolute atomic E-state index is 12.0. The maximum atomic E-state index is 12.0. The summed E-state index contributed by atoms with van der Waals surface area (Å²) in [6.45, 7) is 1.46. The van der Waals surface area contributed by atoms with E-state index in [0.717, 1.165) is 11.8 Å². The summed E-state index contributed by atoms with van der Waals surface area (Å²) in [6.07, 6.45) is -0.973. The van der Waals surface area contributed by atoms with Gasteiger partial charge in [-0.2, -0.15) is 0 Å². The number of nitrogens with zero attached hydrogens (tertiary/aromatic N) is 1. The molecule has 0 aromatic heterocycles. The van der Waals surface area contributed by atoms with Crippen molar-refractivity contribution in [2.45, 2.75) is 17.9 Å². The number of thioether (sulfide) groups is 1. The molecule has 0 unspecified atom stereocenters. The Labute approximate surface area is 148 Å². The highest BCUT2D eigenvalue weighted by Gasteiger charge is 2.19. The number of carbonyl (C=O) groups is 2. The van der Waals surface area contributed by atoms with Crippen LogP contribution in [0.3, 0.4) is 0 Å². The number of carbonyl (C=O) groups excluding carboxylic acids is 2. The lowest BCUT2D eigenvalue weighted by molar-refractivity contribution is -0.387. The molecule has 2 aromatic carbocycles. The Kier molecular flexibility index (Phi) is 6.53. The minimum Gasteiger partial charge on any atom is -0.452 e. The Balaban J connectivity index is 1.85. The summed E-state index contributed by atoms with van der Waals surface area (Å²) in [4.78, 5) is 34.6. The van der Waals surface area contributed by atoms with Gasteiger partial charge < -0.3 is 10.1 Å². The van der Waals surface area contributed by atoms with Gasteiger partial charge in [-0.1, -0.05) is 30.3 Å². The fraction of sp³-hybridized carbons (Fsp3) is 0.176. The molecule has 1 amide bonds. The van der Waals surface area contributed by atoms with Crippen LogP contribution in [0.25, 0.3) is 0 Å². The van der Waals surface area contributed by atoms with E-state index >= 15 is 0 Å². The predicted octanol–water partition coefficient (Wildman–Crippen LogP) is 3.26. The summed E-state index contributed by atoms with van der Waals surface area (Å²) in [5.41, 5.74) is 0.528. The molecule has 7 nitrogen and oxygen atoms in total. The van der Waals surface area contributed by atoms with Gasteiger partial charge in [0.25, 0.3) is 11.6 Å². The molecule has 0 bridgehead atoms. The number of hydrogen-bond donors (Lipinski definition) is 1. The Morgan fingerprint density at radius 1 is 1.16 bits per heavy atom. The Morgan fingerprint density at radius 2 is 1.80 bits per heavy atom. The molecule has 0 heterocycles. The first-order chi connectivity index (χ1) is 12.0. The van der Waals surface area contributed by atoms with Crippen LogP contribution in [0.15, 0.2) is 59.5 Å². The summed E-state index contributed by atoms with van der Waals surface area (Å²) in [5.74, 6) is -1.21. The van der Waals surface area contributed by atoms with Crippen LogP contribution in [0.5, 0.6) is 0 Å². The third-order valence-electron chi connectivity index (χ3n) is 3.13. The molecule has 1 N–H and O–H groups in total. The molecule has 0 saturated heterocycles. The van der Waals surface area contributed by atoms with Gasteiger partial charge in [-0.25, -0.2) is 0 Å². The van der Waals surface area contributed by atoms with Gasteiger partial charge >= 0.3 is 5.97 Å². The van der Waals surface area contributed by atoms with Crippen molar-refractivity contribution >= 4 is 35.0 Å². The minimum atomic E-state index is -0.973. The molecule has 0 radical (unpaired) electrons. The number of nitrogens with one attached hydrogen (secondary N) is 1. The van der Waals surface area contributed by atoms with E-state index < -0.39 is 22.9 Å². The van der Waals surface area contributed by atoms with Gasteiger partial charge in [0.2, 0.25) is 0 Å². The largest absolute Gasteiger partial charge is 0.452 e. The van der Waals surface area contributed by atoms with Crippen LogP contribution in [-0.2, 0) is 14.3 Å². The van der Waals surface area contributed by atoms with E-state index in [1.165, 1.54) is 13.0 Å². The highest BCUT2D eigenvalue weighted by molar-refractivity contribution is 8.00. The molecule has 2 aromatic rings. The third kappa shape index (κ3) is 5.61. The van der Waals surface area contributed by atoms with E-state index in [4.69, 9.17) is 4.74 Å². The van der Waals surface area contributed by atoms with Gasteiger partial charge in [0.05, 0.1) is 15.6 Å². The van der Waals surface area contributed by atoms with Crippen molar-refractivity contribution in [1.29, 1.82) is 0 Å². The number of benzene rings is 2. The van der Waals surface area contributed by atoms with E-state index in [9.17, 15) is 19.7 Å². The van der Waals surface area contributed by atoms with Crippen molar-refractivity contribution in [2.24, 2.45) is 0 Å². The first-order valence-electron chi connectivity index (χ1n) is 7.39. The fourth-order valence-electron chi connectivity index (χ4n) is 1.92. The van der Waals surface area contributed by atoms with E-state index in [1.807, 2.05) is 6.07 Å². The normalized spacial score (nSPS) is 11.4. The number of esters is 1. The van der Waals surface area contributed by atoms with Crippen LogP contribution >= 0.6 is 11.8 Å². The molecule has 0 spiro atoms. The minimum absolute atomic E-state index is 0.0739. The monoisotopic (exact) mass is 360 g/mol. The molecule has 0 aliphatic carbocycles. The van der Waals surface area contributed by atoms with Crippen LogP contribution in [0.2, 0.25) is 0 Å². The summed E-state index contributed by atoms with van der Waals surface area (Å²) in [6, 6.07) is 14.9. The Bertz CT molecular complexity index is 767. The van der Waals surface area contributed by atoms with Gasteiger partial charge in [0.15, 0.2) is 6.10 Å². The lowest BCUT2D eigenvalue weighted by Gasteiger charge is -2.13. The second kappa shape index (κ2) is 8.84. The zero-order chi connectivity index (χ0) is 18.2. The standard InChI is InChI=1S/C17H16N2O5S/c1-12(17(21)18-13-7-3-2-4-8-13)24-16(20)11-25-15-10-6-5-9-14(15)19(22)23/h2-10,12H,11H2,1H3,(H,18,21)/t12-/m1/s1. The molecule has 25 heavy (non-hydrogen) atoms. The molecule has 0 aliphatic rings. The van der Waals surface area contributed by atoms with Crippen molar-refractivity contribution in [1.82, 2.24) is 0 Å². The number of rotatable bonds is 7. The third-order valence-corrected chi connectivity index (χ3v) is 4.16. The zero-order valence-corrected chi connectivity index (χ0v) is 14.2. The Hall–Kier alpha value is -2.87. The van der Waals surface area contributed by atoms with Crippen molar-refractivity contribution in [2.75, 3.05) is 11.1 Å². The van der Waals surface area contributed by atoms with Gasteiger partial charge in [-0.15, -0.1) is 11.8 Å². The summed E-state index contributed by atoms with van der Waals surface area (Å²) < 4.78 is 5.06. The molecular formula is C17H16N2O5S. The van der Waals surface area contributed by atoms with Crippen LogP contribution in [-0.4, -0.2) is 28.7 Å². The van der Waals surface area contributed by atoms with E-state index in [1.54, 1.807) is 42.5 Å². The molecule has 130 valence electrons. The maximum Gasteiger partial charge on any atom is 0.317 e. The van der Waals surface area contributed by atoms with Gasteiger partial charge in [-0.3, -0.25) is 19.7 Å². The molecule has 0 aliphatic heterocycles. The number of hydrogen-bond acceptors (Lipinski definition) is 6. The Morgan fingerprint density at radius 3 is 2.48 bits per heavy atom. The average Bonchev–Trinajstić information content (AvgIpc) is 2.61. The van der Waals surface area contributed by atoms with E-state index in [2.05, 4.69) is 5.32 Å². The van der Waals surface area contributed by atoms with Crippen LogP contribution in [0.1, 0.15) is 6.92 Å². The second-order valence-corrected chi connectivity index (χ2v) is 6.02. The molecular weight excluding hydrogens is 344 g/mol. The molecule has 8 heteroatoms. The first-order valence-corrected chi connectivity index (χ1v) is 8.37. The zero-order valence-electron chi connectivity index (χ0n) is 13.4. The number of nitro benzene ring substituents is 1. The summed E-state index contributed by atoms with van der Waals surface area (Å²) >= 11 is 0.993. The number of para-hydroxylation sites is 2. The van der Waals surface area contributed by atoms with Crippen molar-refractivity contribution in [3.8, 4) is 0 Å². The molecule has 0 saturated carbocycles.